The number of nitrogens with one attached hydrogen (secondary N) is 1. The molecule has 0 aromatic carbocycles. The maximum absolute atomic E-state index is 12.2. The number of hydrogen-bond donors (Lipinski definition) is 2. The van der Waals surface area contributed by atoms with Crippen molar-refractivity contribution in [2.45, 2.75) is 29.5 Å². The summed E-state index contributed by atoms with van der Waals surface area (Å²) in [5.41, 5.74) is 5.65. The predicted molar refractivity (Wildman–Crippen MR) is 79.8 cm³/mol. The fraction of sp³-hybridized carbons (Fsp3) is 0.600. The highest BCUT2D eigenvalue weighted by Gasteiger charge is 2.31. The van der Waals surface area contributed by atoms with Gasteiger partial charge in [-0.3, -0.25) is 0 Å². The zero-order chi connectivity index (χ0) is 12.5. The standard InChI is InChI=1S/C10H15BrN2O2S2.ClH/c11-8-4-5-16-10(8)17(14,15)13-9-3-1-2-7(9)6-12;/h4-5,7,9,13H,1-3,6,12H2;1H. The van der Waals surface area contributed by atoms with E-state index in [9.17, 15) is 8.42 Å². The summed E-state index contributed by atoms with van der Waals surface area (Å²) in [6.45, 7) is 0.540. The molecule has 2 atom stereocenters. The molecule has 1 aromatic heterocycles. The molecule has 2 unspecified atom stereocenters. The van der Waals surface area contributed by atoms with Crippen LogP contribution >= 0.6 is 39.7 Å². The Morgan fingerprint density at radius 3 is 2.78 bits per heavy atom. The van der Waals surface area contributed by atoms with Gasteiger partial charge in [-0.1, -0.05) is 6.42 Å². The SMILES string of the molecule is Cl.NCC1CCCC1NS(=O)(=O)c1sccc1Br. The molecule has 1 saturated carbocycles. The van der Waals surface area contributed by atoms with Crippen LogP contribution in [0.2, 0.25) is 0 Å². The average molecular weight is 376 g/mol. The highest BCUT2D eigenvalue weighted by atomic mass is 79.9. The van der Waals surface area contributed by atoms with Crippen LogP contribution in [0, 0.1) is 5.92 Å². The number of thiophene rings is 1. The summed E-state index contributed by atoms with van der Waals surface area (Å²) in [6, 6.07) is 1.73. The van der Waals surface area contributed by atoms with Gasteiger partial charge >= 0.3 is 0 Å². The molecule has 4 nitrogen and oxygen atoms in total. The number of rotatable bonds is 4. The van der Waals surface area contributed by atoms with E-state index in [4.69, 9.17) is 5.73 Å². The number of nitrogens with two attached hydrogens (primary N) is 1. The van der Waals surface area contributed by atoms with Crippen molar-refractivity contribution in [1.82, 2.24) is 4.72 Å². The van der Waals surface area contributed by atoms with Gasteiger partial charge < -0.3 is 5.73 Å². The molecular formula is C10H16BrClN2O2S2. The predicted octanol–water partition coefficient (Wildman–Crippen LogP) is 2.34. The van der Waals surface area contributed by atoms with Crippen LogP contribution in [0.1, 0.15) is 19.3 Å². The first-order valence-corrected chi connectivity index (χ1v) is 8.65. The van der Waals surface area contributed by atoms with Gasteiger partial charge in [-0.2, -0.15) is 0 Å². The molecule has 0 bridgehead atoms. The van der Waals surface area contributed by atoms with Gasteiger partial charge in [-0.15, -0.1) is 23.7 Å². The van der Waals surface area contributed by atoms with E-state index in [0.717, 1.165) is 19.3 Å². The Hall–Kier alpha value is 0.340. The lowest BCUT2D eigenvalue weighted by Crippen LogP contribution is -2.39. The summed E-state index contributed by atoms with van der Waals surface area (Å²) in [6.07, 6.45) is 2.93. The van der Waals surface area contributed by atoms with Gasteiger partial charge in [-0.25, -0.2) is 13.1 Å². The Labute approximate surface area is 126 Å². The van der Waals surface area contributed by atoms with E-state index in [0.29, 0.717) is 15.2 Å². The number of halogens is 2. The highest BCUT2D eigenvalue weighted by Crippen LogP contribution is 2.30. The van der Waals surface area contributed by atoms with Crippen LogP contribution in [0.5, 0.6) is 0 Å². The molecule has 1 aliphatic rings. The Bertz CT molecular complexity index is 492. The van der Waals surface area contributed by atoms with Gasteiger partial charge in [-0.05, 0) is 52.7 Å². The monoisotopic (exact) mass is 374 g/mol. The van der Waals surface area contributed by atoms with Crippen LogP contribution in [0.15, 0.2) is 20.1 Å². The lowest BCUT2D eigenvalue weighted by atomic mass is 10.1. The molecule has 0 aliphatic heterocycles. The summed E-state index contributed by atoms with van der Waals surface area (Å²) in [4.78, 5) is 0. The Balaban J connectivity index is 0.00000162. The van der Waals surface area contributed by atoms with Crippen LogP contribution in [0.25, 0.3) is 0 Å². The summed E-state index contributed by atoms with van der Waals surface area (Å²) < 4.78 is 28.1. The minimum Gasteiger partial charge on any atom is -0.330 e. The van der Waals surface area contributed by atoms with Crippen molar-refractivity contribution in [3.8, 4) is 0 Å². The number of sulfonamides is 1. The maximum Gasteiger partial charge on any atom is 0.251 e. The second-order valence-corrected chi connectivity index (χ2v) is 7.89. The normalized spacial score (nSPS) is 23.9. The average Bonchev–Trinajstić information content (AvgIpc) is 2.86. The fourth-order valence-corrected chi connectivity index (χ4v) is 5.89. The molecule has 1 aliphatic carbocycles. The van der Waals surface area contributed by atoms with E-state index >= 15 is 0 Å². The van der Waals surface area contributed by atoms with Gasteiger partial charge in [0.15, 0.2) is 0 Å². The van der Waals surface area contributed by atoms with Crippen LogP contribution in [0.3, 0.4) is 0 Å². The van der Waals surface area contributed by atoms with Gasteiger partial charge in [0.2, 0.25) is 0 Å². The zero-order valence-electron chi connectivity index (χ0n) is 9.63. The zero-order valence-corrected chi connectivity index (χ0v) is 13.7. The van der Waals surface area contributed by atoms with Crippen molar-refractivity contribution in [1.29, 1.82) is 0 Å². The molecule has 0 saturated heterocycles. The molecule has 104 valence electrons. The van der Waals surface area contributed by atoms with Crippen LogP contribution in [-0.2, 0) is 10.0 Å². The summed E-state index contributed by atoms with van der Waals surface area (Å²) >= 11 is 4.47. The molecule has 18 heavy (non-hydrogen) atoms. The first-order chi connectivity index (χ1) is 8.04. The Kier molecular flexibility index (Phi) is 6.08. The van der Waals surface area contributed by atoms with Crippen LogP contribution in [0.4, 0.5) is 0 Å². The summed E-state index contributed by atoms with van der Waals surface area (Å²) in [5.74, 6) is 0.267. The van der Waals surface area contributed by atoms with Crippen molar-refractivity contribution in [3.05, 3.63) is 15.9 Å². The van der Waals surface area contributed by atoms with Gasteiger partial charge in [0.1, 0.15) is 4.21 Å². The molecule has 2 rings (SSSR count). The lowest BCUT2D eigenvalue weighted by molar-refractivity contribution is 0.453. The molecule has 3 N–H and O–H groups in total. The van der Waals surface area contributed by atoms with Gasteiger partial charge in [0.05, 0.1) is 0 Å². The minimum atomic E-state index is -3.41. The molecule has 1 heterocycles. The molecule has 1 aromatic rings. The molecule has 0 spiro atoms. The van der Waals surface area contributed by atoms with Gasteiger partial charge in [0.25, 0.3) is 10.0 Å². The third-order valence-corrected chi connectivity index (χ3v) is 7.26. The minimum absolute atomic E-state index is 0. The maximum atomic E-state index is 12.2. The van der Waals surface area contributed by atoms with E-state index < -0.39 is 10.0 Å². The molecule has 0 radical (unpaired) electrons. The van der Waals surface area contributed by atoms with Crippen molar-refractivity contribution in [2.75, 3.05) is 6.54 Å². The third-order valence-electron chi connectivity index (χ3n) is 3.10. The summed E-state index contributed by atoms with van der Waals surface area (Å²) in [7, 11) is -3.41. The molecule has 0 amide bonds. The largest absolute Gasteiger partial charge is 0.330 e. The first kappa shape index (κ1) is 16.4. The van der Waals surface area contributed by atoms with Crippen molar-refractivity contribution in [3.63, 3.8) is 0 Å². The highest BCUT2D eigenvalue weighted by molar-refractivity contribution is 9.10. The first-order valence-electron chi connectivity index (χ1n) is 5.50. The van der Waals surface area contributed by atoms with Crippen LogP contribution in [-0.4, -0.2) is 21.0 Å². The van der Waals surface area contributed by atoms with Crippen molar-refractivity contribution < 1.29 is 8.42 Å². The van der Waals surface area contributed by atoms with E-state index in [-0.39, 0.29) is 24.4 Å². The molecule has 1 fully saturated rings. The second kappa shape index (κ2) is 6.67. The topological polar surface area (TPSA) is 72.2 Å². The Morgan fingerprint density at radius 2 is 2.22 bits per heavy atom. The molecular weight excluding hydrogens is 360 g/mol. The van der Waals surface area contributed by atoms with E-state index in [1.807, 2.05) is 0 Å². The lowest BCUT2D eigenvalue weighted by Gasteiger charge is -2.18. The quantitative estimate of drug-likeness (QED) is 0.848. The summed E-state index contributed by atoms with van der Waals surface area (Å²) in [5, 5.41) is 1.76. The van der Waals surface area contributed by atoms with E-state index in [1.54, 1.807) is 11.4 Å². The van der Waals surface area contributed by atoms with Crippen molar-refractivity contribution >= 4 is 49.7 Å². The second-order valence-electron chi connectivity index (χ2n) is 4.21. The Morgan fingerprint density at radius 1 is 1.50 bits per heavy atom. The smallest absolute Gasteiger partial charge is 0.251 e. The fourth-order valence-electron chi connectivity index (χ4n) is 2.20. The van der Waals surface area contributed by atoms with Crippen molar-refractivity contribution in [2.24, 2.45) is 11.7 Å². The van der Waals surface area contributed by atoms with Gasteiger partial charge in [0, 0.05) is 10.5 Å². The third kappa shape index (κ3) is 3.46. The molecule has 8 heteroatoms. The number of hydrogen-bond acceptors (Lipinski definition) is 4. The van der Waals surface area contributed by atoms with Crippen LogP contribution < -0.4 is 10.5 Å². The van der Waals surface area contributed by atoms with E-state index in [1.165, 1.54) is 11.3 Å². The van der Waals surface area contributed by atoms with E-state index in [2.05, 4.69) is 20.7 Å².